The second-order valence-electron chi connectivity index (χ2n) is 5.33. The molecule has 1 N–H and O–H groups in total. The molecule has 1 aromatic heterocycles. The molecule has 1 aromatic rings. The van der Waals surface area contributed by atoms with Gasteiger partial charge in [0.25, 0.3) is 5.69 Å². The molecule has 7 nitrogen and oxygen atoms in total. The van der Waals surface area contributed by atoms with Crippen molar-refractivity contribution >= 4 is 17.5 Å². The minimum absolute atomic E-state index is 0.00699. The molecule has 0 aliphatic heterocycles. The number of nitrogens with one attached hydrogen (secondary N) is 1. The van der Waals surface area contributed by atoms with E-state index in [2.05, 4.69) is 10.3 Å². The van der Waals surface area contributed by atoms with E-state index in [4.69, 9.17) is 4.74 Å². The van der Waals surface area contributed by atoms with Crippen molar-refractivity contribution < 1.29 is 14.5 Å². The third kappa shape index (κ3) is 3.68. The highest BCUT2D eigenvalue weighted by Crippen LogP contribution is 2.28. The van der Waals surface area contributed by atoms with E-state index in [0.717, 1.165) is 31.2 Å². The highest BCUT2D eigenvalue weighted by atomic mass is 16.6. The van der Waals surface area contributed by atoms with Gasteiger partial charge in [-0.1, -0.05) is 0 Å². The number of methoxy groups -OCH3 is 1. The molecule has 1 saturated carbocycles. The zero-order chi connectivity index (χ0) is 15.4. The van der Waals surface area contributed by atoms with Crippen LogP contribution in [-0.4, -0.2) is 29.0 Å². The Morgan fingerprint density at radius 3 is 2.62 bits per heavy atom. The van der Waals surface area contributed by atoms with Gasteiger partial charge < -0.3 is 10.1 Å². The molecule has 0 amide bonds. The van der Waals surface area contributed by atoms with Crippen molar-refractivity contribution in [3.05, 3.63) is 27.9 Å². The van der Waals surface area contributed by atoms with Crippen molar-refractivity contribution in [1.29, 1.82) is 0 Å². The van der Waals surface area contributed by atoms with Crippen LogP contribution in [0.25, 0.3) is 0 Å². The highest BCUT2D eigenvalue weighted by Gasteiger charge is 2.27. The molecular formula is C14H19N3O4. The molecule has 0 spiro atoms. The van der Waals surface area contributed by atoms with E-state index in [0.29, 0.717) is 5.82 Å². The predicted molar refractivity (Wildman–Crippen MR) is 77.0 cm³/mol. The van der Waals surface area contributed by atoms with Gasteiger partial charge in [-0.25, -0.2) is 4.98 Å². The summed E-state index contributed by atoms with van der Waals surface area (Å²) in [6.07, 6.45) is 4.55. The lowest BCUT2D eigenvalue weighted by Crippen LogP contribution is -2.30. The topological polar surface area (TPSA) is 94.4 Å². The van der Waals surface area contributed by atoms with Crippen LogP contribution in [0.1, 0.15) is 31.2 Å². The summed E-state index contributed by atoms with van der Waals surface area (Å²) in [5, 5.41) is 14.0. The number of nitro groups is 1. The van der Waals surface area contributed by atoms with Gasteiger partial charge in [-0.3, -0.25) is 14.9 Å². The lowest BCUT2D eigenvalue weighted by Gasteiger charge is -2.28. The molecular weight excluding hydrogens is 274 g/mol. The lowest BCUT2D eigenvalue weighted by atomic mass is 9.86. The Bertz CT molecular complexity index is 539. The van der Waals surface area contributed by atoms with Gasteiger partial charge in [0.1, 0.15) is 12.0 Å². The molecule has 1 aliphatic carbocycles. The van der Waals surface area contributed by atoms with Crippen LogP contribution >= 0.6 is 0 Å². The quantitative estimate of drug-likeness (QED) is 0.520. The normalized spacial score (nSPS) is 21.6. The fourth-order valence-corrected chi connectivity index (χ4v) is 2.64. The van der Waals surface area contributed by atoms with Crippen molar-refractivity contribution in [2.24, 2.45) is 5.92 Å². The predicted octanol–water partition coefficient (Wildman–Crippen LogP) is 2.44. The summed E-state index contributed by atoms with van der Waals surface area (Å²) < 4.78 is 4.76. The summed E-state index contributed by atoms with van der Waals surface area (Å²) in [6, 6.07) is 1.74. The fourth-order valence-electron chi connectivity index (χ4n) is 2.64. The number of carbonyl (C=O) groups is 1. The number of hydrogen-bond donors (Lipinski definition) is 1. The van der Waals surface area contributed by atoms with E-state index >= 15 is 0 Å². The monoisotopic (exact) mass is 293 g/mol. The Kier molecular flexibility index (Phi) is 4.72. The average Bonchev–Trinajstić information content (AvgIpc) is 2.49. The summed E-state index contributed by atoms with van der Waals surface area (Å²) in [5.41, 5.74) is 0.742. The van der Waals surface area contributed by atoms with Gasteiger partial charge in [-0.2, -0.15) is 0 Å². The number of anilines is 1. The van der Waals surface area contributed by atoms with Crippen molar-refractivity contribution in [1.82, 2.24) is 4.98 Å². The molecule has 1 fully saturated rings. The molecule has 0 radical (unpaired) electrons. The van der Waals surface area contributed by atoms with Gasteiger partial charge in [0, 0.05) is 12.1 Å². The Hall–Kier alpha value is -2.18. The molecule has 0 bridgehead atoms. The van der Waals surface area contributed by atoms with E-state index in [-0.39, 0.29) is 23.6 Å². The van der Waals surface area contributed by atoms with E-state index in [9.17, 15) is 14.9 Å². The number of esters is 1. The number of nitrogens with zero attached hydrogens (tertiary/aromatic N) is 2. The first-order valence-corrected chi connectivity index (χ1v) is 6.96. The van der Waals surface area contributed by atoms with Crippen LogP contribution < -0.4 is 5.32 Å². The SMILES string of the molecule is COC(=O)C1CCC(Nc2ncc([N+](=O)[O-])cc2C)CC1. The first kappa shape index (κ1) is 15.2. The Balaban J connectivity index is 1.95. The van der Waals surface area contributed by atoms with Gasteiger partial charge in [0.2, 0.25) is 0 Å². The van der Waals surface area contributed by atoms with Crippen molar-refractivity contribution in [2.45, 2.75) is 38.6 Å². The molecule has 1 heterocycles. The number of hydrogen-bond acceptors (Lipinski definition) is 6. The highest BCUT2D eigenvalue weighted by molar-refractivity contribution is 5.72. The largest absolute Gasteiger partial charge is 0.469 e. The van der Waals surface area contributed by atoms with Gasteiger partial charge >= 0.3 is 5.97 Å². The summed E-state index contributed by atoms with van der Waals surface area (Å²) in [6.45, 7) is 1.79. The van der Waals surface area contributed by atoms with Crippen molar-refractivity contribution in [3.63, 3.8) is 0 Å². The van der Waals surface area contributed by atoms with Crippen LogP contribution in [-0.2, 0) is 9.53 Å². The number of rotatable bonds is 4. The minimum atomic E-state index is -0.453. The number of pyridine rings is 1. The van der Waals surface area contributed by atoms with Crippen LogP contribution in [0, 0.1) is 23.0 Å². The zero-order valence-electron chi connectivity index (χ0n) is 12.2. The number of carbonyl (C=O) groups excluding carboxylic acids is 1. The van der Waals surface area contributed by atoms with Crippen LogP contribution in [0.3, 0.4) is 0 Å². The van der Waals surface area contributed by atoms with Crippen LogP contribution in [0.5, 0.6) is 0 Å². The van der Waals surface area contributed by atoms with Crippen molar-refractivity contribution in [2.75, 3.05) is 12.4 Å². The average molecular weight is 293 g/mol. The van der Waals surface area contributed by atoms with E-state index in [1.165, 1.54) is 19.4 Å². The maximum Gasteiger partial charge on any atom is 0.308 e. The molecule has 21 heavy (non-hydrogen) atoms. The summed E-state index contributed by atoms with van der Waals surface area (Å²) >= 11 is 0. The molecule has 7 heteroatoms. The summed E-state index contributed by atoms with van der Waals surface area (Å²) in [4.78, 5) is 25.8. The first-order valence-electron chi connectivity index (χ1n) is 6.96. The molecule has 0 saturated heterocycles. The number of aryl methyl sites for hydroxylation is 1. The van der Waals surface area contributed by atoms with Crippen LogP contribution in [0.2, 0.25) is 0 Å². The van der Waals surface area contributed by atoms with Crippen LogP contribution in [0.15, 0.2) is 12.3 Å². The smallest absolute Gasteiger partial charge is 0.308 e. The Morgan fingerprint density at radius 1 is 1.43 bits per heavy atom. The molecule has 114 valence electrons. The van der Waals surface area contributed by atoms with Gasteiger partial charge in [-0.15, -0.1) is 0 Å². The minimum Gasteiger partial charge on any atom is -0.469 e. The second-order valence-corrected chi connectivity index (χ2v) is 5.33. The molecule has 0 unspecified atom stereocenters. The number of ether oxygens (including phenoxy) is 1. The third-order valence-electron chi connectivity index (χ3n) is 3.88. The summed E-state index contributed by atoms with van der Waals surface area (Å²) in [7, 11) is 1.41. The maximum atomic E-state index is 11.5. The first-order chi connectivity index (χ1) is 10.0. The van der Waals surface area contributed by atoms with E-state index in [1.54, 1.807) is 6.92 Å². The molecule has 0 atom stereocenters. The second kappa shape index (κ2) is 6.51. The molecule has 1 aliphatic rings. The van der Waals surface area contributed by atoms with Crippen molar-refractivity contribution in [3.8, 4) is 0 Å². The summed E-state index contributed by atoms with van der Waals surface area (Å²) in [5.74, 6) is 0.513. The Morgan fingerprint density at radius 2 is 2.10 bits per heavy atom. The van der Waals surface area contributed by atoms with Gasteiger partial charge in [-0.05, 0) is 38.2 Å². The third-order valence-corrected chi connectivity index (χ3v) is 3.88. The van der Waals surface area contributed by atoms with Crippen LogP contribution in [0.4, 0.5) is 11.5 Å². The standard InChI is InChI=1S/C14H19N3O4/c1-9-7-12(17(19)20)8-15-13(9)16-11-5-3-10(4-6-11)14(18)21-2/h7-8,10-11H,3-6H2,1-2H3,(H,15,16). The van der Waals surface area contributed by atoms with E-state index in [1.807, 2.05) is 0 Å². The Labute approximate surface area is 122 Å². The fraction of sp³-hybridized carbons (Fsp3) is 0.571. The number of aromatic nitrogens is 1. The molecule has 0 aromatic carbocycles. The van der Waals surface area contributed by atoms with E-state index < -0.39 is 4.92 Å². The molecule has 2 rings (SSSR count). The maximum absolute atomic E-state index is 11.5. The lowest BCUT2D eigenvalue weighted by molar-refractivity contribution is -0.385. The zero-order valence-corrected chi connectivity index (χ0v) is 12.2. The van der Waals surface area contributed by atoms with Gasteiger partial charge in [0.05, 0.1) is 18.0 Å². The van der Waals surface area contributed by atoms with Gasteiger partial charge in [0.15, 0.2) is 0 Å².